The van der Waals surface area contributed by atoms with Crippen LogP contribution in [0.25, 0.3) is 27.5 Å². The summed E-state index contributed by atoms with van der Waals surface area (Å²) in [5, 5.41) is 7.28. The number of nitrogens with one attached hydrogen (secondary N) is 2. The highest BCUT2D eigenvalue weighted by atomic mass is 16.5. The lowest BCUT2D eigenvalue weighted by atomic mass is 10.1. The lowest BCUT2D eigenvalue weighted by Gasteiger charge is -2.10. The first-order chi connectivity index (χ1) is 15.7. The Morgan fingerprint density at radius 3 is 2.62 bits per heavy atom. The minimum absolute atomic E-state index is 0.188. The van der Waals surface area contributed by atoms with Gasteiger partial charge < -0.3 is 10.1 Å². The number of aromatic amines is 1. The molecule has 7 heteroatoms. The van der Waals surface area contributed by atoms with Gasteiger partial charge in [-0.15, -0.1) is 0 Å². The van der Waals surface area contributed by atoms with Gasteiger partial charge in [0.05, 0.1) is 29.2 Å². The lowest BCUT2D eigenvalue weighted by Crippen LogP contribution is -2.23. The van der Waals surface area contributed by atoms with Crippen LogP contribution < -0.4 is 15.6 Å². The highest BCUT2D eigenvalue weighted by Crippen LogP contribution is 2.23. The number of rotatable bonds is 5. The van der Waals surface area contributed by atoms with E-state index in [0.717, 1.165) is 17.0 Å². The Kier molecular flexibility index (Phi) is 4.91. The molecular weight excluding hydrogens is 404 g/mol. The maximum absolute atomic E-state index is 12.9. The standard InChI is InChI=1S/C25H20N4O3/c1-32-22-10-6-5-7-17(22)14-27-24(30)16-11-12-21-19(13-16)23-20(15-26-21)25(31)29(28-23)18-8-3-2-4-9-18/h2-13,15,28H,14H2,1H3,(H,27,30). The number of hydrogen-bond donors (Lipinski definition) is 2. The molecule has 0 radical (unpaired) electrons. The van der Waals surface area contributed by atoms with Crippen molar-refractivity contribution in [3.8, 4) is 11.4 Å². The number of carbonyl (C=O) groups is 1. The van der Waals surface area contributed by atoms with Crippen LogP contribution in [0.15, 0.2) is 83.8 Å². The van der Waals surface area contributed by atoms with Crippen LogP contribution in [0.2, 0.25) is 0 Å². The number of ether oxygens (including phenoxy) is 1. The number of carbonyl (C=O) groups excluding carboxylic acids is 1. The summed E-state index contributed by atoms with van der Waals surface area (Å²) in [4.78, 5) is 30.2. The maximum atomic E-state index is 12.9. The lowest BCUT2D eigenvalue weighted by molar-refractivity contribution is 0.0951. The molecule has 0 unspecified atom stereocenters. The summed E-state index contributed by atoms with van der Waals surface area (Å²) < 4.78 is 6.83. The van der Waals surface area contributed by atoms with Gasteiger partial charge in [0.2, 0.25) is 0 Å². The fourth-order valence-electron chi connectivity index (χ4n) is 3.78. The van der Waals surface area contributed by atoms with E-state index in [1.807, 2.05) is 54.6 Å². The third-order valence-corrected chi connectivity index (χ3v) is 5.43. The van der Waals surface area contributed by atoms with Gasteiger partial charge in [0.1, 0.15) is 5.75 Å². The molecule has 0 atom stereocenters. The average Bonchev–Trinajstić information content (AvgIpc) is 3.19. The molecule has 0 saturated carbocycles. The molecule has 7 nitrogen and oxygen atoms in total. The Bertz CT molecular complexity index is 1500. The highest BCUT2D eigenvalue weighted by molar-refractivity contribution is 6.06. The molecule has 5 rings (SSSR count). The SMILES string of the molecule is COc1ccccc1CNC(=O)c1ccc2ncc3c(=O)n(-c4ccccc4)[nH]c3c2c1. The molecule has 0 saturated heterocycles. The monoisotopic (exact) mass is 424 g/mol. The number of fused-ring (bicyclic) bond motifs is 3. The van der Waals surface area contributed by atoms with Crippen LogP contribution in [-0.2, 0) is 6.54 Å². The second-order valence-electron chi connectivity index (χ2n) is 7.36. The first-order valence-electron chi connectivity index (χ1n) is 10.1. The zero-order valence-corrected chi connectivity index (χ0v) is 17.3. The molecule has 2 aromatic heterocycles. The predicted molar refractivity (Wildman–Crippen MR) is 123 cm³/mol. The van der Waals surface area contributed by atoms with Crippen molar-refractivity contribution >= 4 is 27.7 Å². The molecule has 0 spiro atoms. The minimum atomic E-state index is -0.223. The number of aromatic nitrogens is 3. The van der Waals surface area contributed by atoms with Gasteiger partial charge in [0, 0.05) is 29.3 Å². The van der Waals surface area contributed by atoms with E-state index in [2.05, 4.69) is 15.4 Å². The molecule has 5 aromatic rings. The van der Waals surface area contributed by atoms with Gasteiger partial charge >= 0.3 is 0 Å². The first-order valence-corrected chi connectivity index (χ1v) is 10.1. The van der Waals surface area contributed by atoms with Crippen molar-refractivity contribution in [3.63, 3.8) is 0 Å². The molecule has 3 aromatic carbocycles. The fourth-order valence-corrected chi connectivity index (χ4v) is 3.78. The summed E-state index contributed by atoms with van der Waals surface area (Å²) in [6, 6.07) is 22.1. The van der Waals surface area contributed by atoms with Gasteiger partial charge in [-0.25, -0.2) is 4.68 Å². The van der Waals surface area contributed by atoms with E-state index in [4.69, 9.17) is 4.74 Å². The van der Waals surface area contributed by atoms with Crippen molar-refractivity contribution in [2.45, 2.75) is 6.54 Å². The summed E-state index contributed by atoms with van der Waals surface area (Å²) in [5.41, 5.74) is 3.25. The molecule has 158 valence electrons. The van der Waals surface area contributed by atoms with Crippen LogP contribution in [0.5, 0.6) is 5.75 Å². The molecule has 2 heterocycles. The Balaban J connectivity index is 1.52. The summed E-state index contributed by atoms with van der Waals surface area (Å²) in [5.74, 6) is 0.497. The predicted octanol–water partition coefficient (Wildman–Crippen LogP) is 3.81. The number of pyridine rings is 1. The van der Waals surface area contributed by atoms with Crippen molar-refractivity contribution in [2.24, 2.45) is 0 Å². The molecular formula is C25H20N4O3. The zero-order chi connectivity index (χ0) is 22.1. The molecule has 0 fully saturated rings. The third kappa shape index (κ3) is 3.39. The van der Waals surface area contributed by atoms with Crippen LogP contribution >= 0.6 is 0 Å². The molecule has 32 heavy (non-hydrogen) atoms. The van der Waals surface area contributed by atoms with Crippen molar-refractivity contribution in [1.82, 2.24) is 20.1 Å². The van der Waals surface area contributed by atoms with E-state index in [9.17, 15) is 9.59 Å². The van der Waals surface area contributed by atoms with E-state index in [1.165, 1.54) is 4.68 Å². The second-order valence-corrected chi connectivity index (χ2v) is 7.36. The van der Waals surface area contributed by atoms with Crippen molar-refractivity contribution < 1.29 is 9.53 Å². The van der Waals surface area contributed by atoms with Gasteiger partial charge in [-0.05, 0) is 36.4 Å². The van der Waals surface area contributed by atoms with Gasteiger partial charge in [-0.1, -0.05) is 36.4 Å². The van der Waals surface area contributed by atoms with Crippen LogP contribution in [0.1, 0.15) is 15.9 Å². The summed E-state index contributed by atoms with van der Waals surface area (Å²) in [6.07, 6.45) is 1.57. The smallest absolute Gasteiger partial charge is 0.280 e. The largest absolute Gasteiger partial charge is 0.496 e. The highest BCUT2D eigenvalue weighted by Gasteiger charge is 2.14. The maximum Gasteiger partial charge on any atom is 0.280 e. The number of amides is 1. The van der Waals surface area contributed by atoms with Gasteiger partial charge in [0.25, 0.3) is 11.5 Å². The third-order valence-electron chi connectivity index (χ3n) is 5.43. The van der Waals surface area contributed by atoms with Gasteiger partial charge in [-0.3, -0.25) is 19.7 Å². The first kappa shape index (κ1) is 19.6. The molecule has 0 aliphatic heterocycles. The zero-order valence-electron chi connectivity index (χ0n) is 17.3. The number of methoxy groups -OCH3 is 1. The van der Waals surface area contributed by atoms with Crippen LogP contribution in [-0.4, -0.2) is 27.8 Å². The normalized spacial score (nSPS) is 11.0. The van der Waals surface area contributed by atoms with Crippen LogP contribution in [0, 0.1) is 0 Å². The fraction of sp³-hybridized carbons (Fsp3) is 0.0800. The number of nitrogens with zero attached hydrogens (tertiary/aromatic N) is 2. The van der Waals surface area contributed by atoms with E-state index >= 15 is 0 Å². The summed E-state index contributed by atoms with van der Waals surface area (Å²) in [6.45, 7) is 0.338. The molecule has 0 bridgehead atoms. The molecule has 2 N–H and O–H groups in total. The Morgan fingerprint density at radius 1 is 1.03 bits per heavy atom. The average molecular weight is 424 g/mol. The minimum Gasteiger partial charge on any atom is -0.496 e. The van der Waals surface area contributed by atoms with E-state index in [-0.39, 0.29) is 11.5 Å². The number of para-hydroxylation sites is 2. The molecule has 0 aliphatic rings. The van der Waals surface area contributed by atoms with Crippen molar-refractivity contribution in [2.75, 3.05) is 7.11 Å². The van der Waals surface area contributed by atoms with E-state index in [1.54, 1.807) is 31.5 Å². The van der Waals surface area contributed by atoms with Gasteiger partial charge in [0.15, 0.2) is 0 Å². The Morgan fingerprint density at radius 2 is 1.81 bits per heavy atom. The second kappa shape index (κ2) is 8.03. The number of benzene rings is 3. The molecule has 0 aliphatic carbocycles. The van der Waals surface area contributed by atoms with Crippen LogP contribution in [0.3, 0.4) is 0 Å². The van der Waals surface area contributed by atoms with Crippen LogP contribution in [0.4, 0.5) is 0 Å². The quantitative estimate of drug-likeness (QED) is 0.449. The summed E-state index contributed by atoms with van der Waals surface area (Å²) >= 11 is 0. The van der Waals surface area contributed by atoms with E-state index in [0.29, 0.717) is 33.9 Å². The number of hydrogen-bond acceptors (Lipinski definition) is 4. The number of H-pyrrole nitrogens is 1. The molecule has 1 amide bonds. The van der Waals surface area contributed by atoms with Crippen molar-refractivity contribution in [3.05, 3.63) is 100 Å². The van der Waals surface area contributed by atoms with Crippen molar-refractivity contribution in [1.29, 1.82) is 0 Å². The van der Waals surface area contributed by atoms with E-state index < -0.39 is 0 Å². The Labute approximate surface area is 183 Å². The topological polar surface area (TPSA) is 89.0 Å². The Hall–Kier alpha value is -4.39. The summed E-state index contributed by atoms with van der Waals surface area (Å²) in [7, 11) is 1.60. The van der Waals surface area contributed by atoms with Gasteiger partial charge in [-0.2, -0.15) is 0 Å².